The van der Waals surface area contributed by atoms with Crippen LogP contribution in [-0.2, 0) is 33.2 Å². The van der Waals surface area contributed by atoms with Gasteiger partial charge >= 0.3 is 0 Å². The number of imide groups is 1. The first-order valence-corrected chi connectivity index (χ1v) is 14.4. The van der Waals surface area contributed by atoms with Crippen LogP contribution in [-0.4, -0.2) is 34.8 Å². The van der Waals surface area contributed by atoms with Crippen molar-refractivity contribution >= 4 is 29.5 Å². The van der Waals surface area contributed by atoms with Gasteiger partial charge < -0.3 is 14.1 Å². The van der Waals surface area contributed by atoms with E-state index in [1.165, 1.54) is 12.8 Å². The zero-order chi connectivity index (χ0) is 26.1. The van der Waals surface area contributed by atoms with E-state index in [1.54, 1.807) is 16.7 Å². The lowest BCUT2D eigenvalue weighted by molar-refractivity contribution is -0.136. The summed E-state index contributed by atoms with van der Waals surface area (Å²) in [6, 6.07) is 9.09. The summed E-state index contributed by atoms with van der Waals surface area (Å²) in [6.07, 6.45) is 4.52. The number of nitrogens with zero attached hydrogens (tertiary/aromatic N) is 1. The fourth-order valence-corrected chi connectivity index (χ4v) is 6.89. The Balaban J connectivity index is 1.19. The van der Waals surface area contributed by atoms with E-state index >= 15 is 0 Å². The van der Waals surface area contributed by atoms with Gasteiger partial charge in [0.25, 0.3) is 5.91 Å². The first-order chi connectivity index (χ1) is 17.8. The monoisotopic (exact) mass is 524 g/mol. The number of rotatable bonds is 8. The second-order valence-electron chi connectivity index (χ2n) is 11.0. The molecule has 1 saturated heterocycles. The number of thioether (sulfide) groups is 1. The molecule has 7 nitrogen and oxygen atoms in total. The number of furan rings is 1. The fourth-order valence-electron chi connectivity index (χ4n) is 5.91. The van der Waals surface area contributed by atoms with Crippen LogP contribution in [0.3, 0.4) is 0 Å². The normalized spacial score (nSPS) is 26.1. The van der Waals surface area contributed by atoms with Gasteiger partial charge in [-0.3, -0.25) is 19.7 Å². The van der Waals surface area contributed by atoms with E-state index in [0.29, 0.717) is 48.6 Å². The number of carbonyl (C=O) groups is 3. The van der Waals surface area contributed by atoms with Gasteiger partial charge in [-0.1, -0.05) is 33.3 Å². The molecule has 5 rings (SSSR count). The molecule has 3 amide bonds. The molecular formula is C29H36N2O5S. The van der Waals surface area contributed by atoms with Crippen molar-refractivity contribution < 1.29 is 23.5 Å². The molecule has 2 aromatic rings. The van der Waals surface area contributed by atoms with Crippen LogP contribution in [0.15, 0.2) is 39.6 Å². The maximum atomic E-state index is 13.1. The topological polar surface area (TPSA) is 88.9 Å². The second kappa shape index (κ2) is 11.0. The highest BCUT2D eigenvalue weighted by Crippen LogP contribution is 2.37. The summed E-state index contributed by atoms with van der Waals surface area (Å²) >= 11 is 1.63. The van der Waals surface area contributed by atoms with Gasteiger partial charge in [-0.25, -0.2) is 0 Å². The Morgan fingerprint density at radius 1 is 1.11 bits per heavy atom. The van der Waals surface area contributed by atoms with Crippen molar-refractivity contribution in [2.75, 3.05) is 0 Å². The minimum Gasteiger partial charge on any atom is -0.463 e. The minimum absolute atomic E-state index is 0.152. The Bertz CT molecular complexity index is 1170. The molecule has 198 valence electrons. The van der Waals surface area contributed by atoms with E-state index in [2.05, 4.69) is 26.1 Å². The third-order valence-corrected chi connectivity index (χ3v) is 9.15. The van der Waals surface area contributed by atoms with Gasteiger partial charge in [0.05, 0.1) is 11.9 Å². The first-order valence-electron chi connectivity index (χ1n) is 13.4. The van der Waals surface area contributed by atoms with Crippen LogP contribution in [0.4, 0.5) is 0 Å². The number of nitrogens with one attached hydrogen (secondary N) is 1. The van der Waals surface area contributed by atoms with Crippen molar-refractivity contribution in [1.29, 1.82) is 0 Å². The number of hydrogen-bond acceptors (Lipinski definition) is 6. The lowest BCUT2D eigenvalue weighted by Gasteiger charge is -2.37. The van der Waals surface area contributed by atoms with E-state index in [-0.39, 0.29) is 30.2 Å². The Morgan fingerprint density at radius 2 is 1.92 bits per heavy atom. The number of amides is 3. The third-order valence-electron chi connectivity index (χ3n) is 8.03. The van der Waals surface area contributed by atoms with E-state index in [1.807, 2.05) is 30.3 Å². The van der Waals surface area contributed by atoms with Crippen LogP contribution in [0.2, 0.25) is 0 Å². The van der Waals surface area contributed by atoms with Crippen LogP contribution >= 0.6 is 11.8 Å². The van der Waals surface area contributed by atoms with Gasteiger partial charge in [-0.2, -0.15) is 0 Å². The van der Waals surface area contributed by atoms with Crippen molar-refractivity contribution in [2.45, 2.75) is 88.8 Å². The number of carbonyl (C=O) groups excluding carboxylic acids is 3. The molecule has 3 heterocycles. The summed E-state index contributed by atoms with van der Waals surface area (Å²) in [5.41, 5.74) is 1.56. The van der Waals surface area contributed by atoms with Gasteiger partial charge in [0.15, 0.2) is 0 Å². The van der Waals surface area contributed by atoms with Crippen molar-refractivity contribution in [2.24, 2.45) is 17.8 Å². The predicted octanol–water partition coefficient (Wildman–Crippen LogP) is 5.31. The molecule has 0 spiro atoms. The summed E-state index contributed by atoms with van der Waals surface area (Å²) in [5.74, 6) is 3.44. The summed E-state index contributed by atoms with van der Waals surface area (Å²) < 4.78 is 12.4. The summed E-state index contributed by atoms with van der Waals surface area (Å²) in [5, 5.41) is 2.36. The standard InChI is InChI=1S/C29H36N2O5S/c1-17(2)21-10-7-18(3)13-25(21)35-15-19-8-9-20(36-19)16-37-26-6-4-5-22-23(26)14-31(29(22)34)24-11-12-27(32)30-28(24)33/h4-6,8-9,17-18,21,24-25H,7,10-16H2,1-3H3,(H,30,32,33). The molecule has 1 saturated carbocycles. The van der Waals surface area contributed by atoms with E-state index in [9.17, 15) is 14.4 Å². The molecule has 4 unspecified atom stereocenters. The van der Waals surface area contributed by atoms with Crippen molar-refractivity contribution in [3.63, 3.8) is 0 Å². The second-order valence-corrected chi connectivity index (χ2v) is 12.0. The minimum atomic E-state index is -0.606. The molecule has 3 aliphatic rings. The molecule has 2 aliphatic heterocycles. The molecule has 1 aromatic carbocycles. The van der Waals surface area contributed by atoms with E-state index in [0.717, 1.165) is 28.4 Å². The van der Waals surface area contributed by atoms with Gasteiger partial charge in [0.1, 0.15) is 24.2 Å². The van der Waals surface area contributed by atoms with Crippen LogP contribution in [0.25, 0.3) is 0 Å². The van der Waals surface area contributed by atoms with Gasteiger partial charge in [0, 0.05) is 23.4 Å². The van der Waals surface area contributed by atoms with Gasteiger partial charge in [0.2, 0.25) is 11.8 Å². The lowest BCUT2D eigenvalue weighted by Crippen LogP contribution is -2.52. The summed E-state index contributed by atoms with van der Waals surface area (Å²) in [4.78, 5) is 39.5. The van der Waals surface area contributed by atoms with Crippen LogP contribution in [0.5, 0.6) is 0 Å². The Kier molecular flexibility index (Phi) is 7.77. The zero-order valence-corrected chi connectivity index (χ0v) is 22.6. The molecule has 0 radical (unpaired) electrons. The number of hydrogen-bond donors (Lipinski definition) is 1. The van der Waals surface area contributed by atoms with Crippen molar-refractivity contribution in [3.05, 3.63) is 53.0 Å². The van der Waals surface area contributed by atoms with Crippen LogP contribution in [0, 0.1) is 17.8 Å². The average Bonchev–Trinajstić information content (AvgIpc) is 3.46. The Labute approximate surface area is 222 Å². The highest BCUT2D eigenvalue weighted by atomic mass is 32.2. The zero-order valence-electron chi connectivity index (χ0n) is 21.8. The van der Waals surface area contributed by atoms with Gasteiger partial charge in [-0.15, -0.1) is 11.8 Å². The number of piperidine rings is 1. The average molecular weight is 525 g/mol. The maximum absolute atomic E-state index is 13.1. The molecule has 37 heavy (non-hydrogen) atoms. The maximum Gasteiger partial charge on any atom is 0.255 e. The molecule has 1 aliphatic carbocycles. The molecule has 1 aromatic heterocycles. The molecule has 4 atom stereocenters. The number of benzene rings is 1. The molecule has 1 N–H and O–H groups in total. The third kappa shape index (κ3) is 5.65. The quantitative estimate of drug-likeness (QED) is 0.372. The first kappa shape index (κ1) is 26.0. The molecule has 2 fully saturated rings. The van der Waals surface area contributed by atoms with Crippen molar-refractivity contribution in [3.8, 4) is 0 Å². The molecular weight excluding hydrogens is 488 g/mol. The Hall–Kier alpha value is -2.58. The van der Waals surface area contributed by atoms with Crippen molar-refractivity contribution in [1.82, 2.24) is 10.2 Å². The fraction of sp³-hybridized carbons (Fsp3) is 0.552. The van der Waals surface area contributed by atoms with E-state index in [4.69, 9.17) is 9.15 Å². The summed E-state index contributed by atoms with van der Waals surface area (Å²) in [7, 11) is 0. The Morgan fingerprint density at radius 3 is 2.70 bits per heavy atom. The largest absolute Gasteiger partial charge is 0.463 e. The lowest BCUT2D eigenvalue weighted by atomic mass is 9.75. The molecule has 0 bridgehead atoms. The SMILES string of the molecule is CC1CCC(C(C)C)C(OCc2ccc(CSc3cccc4c3CN(C3CCC(=O)NC3=O)C4=O)o2)C1. The predicted molar refractivity (Wildman–Crippen MR) is 141 cm³/mol. The van der Waals surface area contributed by atoms with Gasteiger partial charge in [-0.05, 0) is 66.8 Å². The highest BCUT2D eigenvalue weighted by Gasteiger charge is 2.40. The molecule has 8 heteroatoms. The number of ether oxygens (including phenoxy) is 1. The smallest absolute Gasteiger partial charge is 0.255 e. The van der Waals surface area contributed by atoms with E-state index < -0.39 is 6.04 Å². The number of fused-ring (bicyclic) bond motifs is 1. The summed E-state index contributed by atoms with van der Waals surface area (Å²) in [6.45, 7) is 7.75. The van der Waals surface area contributed by atoms with Crippen LogP contribution < -0.4 is 5.32 Å². The van der Waals surface area contributed by atoms with Crippen LogP contribution in [0.1, 0.15) is 80.3 Å². The highest BCUT2D eigenvalue weighted by molar-refractivity contribution is 7.98.